The fraction of sp³-hybridized carbons (Fsp3) is 0.611. The summed E-state index contributed by atoms with van der Waals surface area (Å²) in [7, 11) is 0. The number of phenols is 1. The van der Waals surface area contributed by atoms with Crippen molar-refractivity contribution in [3.8, 4) is 5.75 Å². The number of aromatic hydroxyl groups is 1. The molecular weight excluding hydrogens is 278 g/mol. The molecule has 22 heavy (non-hydrogen) atoms. The zero-order valence-corrected chi connectivity index (χ0v) is 12.9. The SMILES string of the molecule is O=C(CN1CC(CO)[C@H](CCC2CC2)C1)c1ccc(O)cc1. The molecule has 1 unspecified atom stereocenters. The highest BCUT2D eigenvalue weighted by atomic mass is 16.3. The van der Waals surface area contributed by atoms with Gasteiger partial charge in [-0.15, -0.1) is 0 Å². The number of benzene rings is 1. The number of aliphatic hydroxyl groups excluding tert-OH is 1. The van der Waals surface area contributed by atoms with E-state index < -0.39 is 0 Å². The Morgan fingerprint density at radius 3 is 2.41 bits per heavy atom. The average Bonchev–Trinajstić information content (AvgIpc) is 3.26. The maximum absolute atomic E-state index is 12.3. The molecule has 1 aromatic rings. The Morgan fingerprint density at radius 2 is 1.77 bits per heavy atom. The molecule has 0 aromatic heterocycles. The third-order valence-electron chi connectivity index (χ3n) is 5.09. The van der Waals surface area contributed by atoms with Crippen molar-refractivity contribution < 1.29 is 15.0 Å². The van der Waals surface area contributed by atoms with E-state index >= 15 is 0 Å². The summed E-state index contributed by atoms with van der Waals surface area (Å²) in [6.45, 7) is 2.36. The zero-order chi connectivity index (χ0) is 15.5. The Morgan fingerprint density at radius 1 is 1.09 bits per heavy atom. The number of aliphatic hydroxyl groups is 1. The van der Waals surface area contributed by atoms with Crippen molar-refractivity contribution in [3.63, 3.8) is 0 Å². The van der Waals surface area contributed by atoms with E-state index in [1.807, 2.05) is 0 Å². The van der Waals surface area contributed by atoms with Crippen LogP contribution in [0.4, 0.5) is 0 Å². The molecule has 1 saturated carbocycles. The van der Waals surface area contributed by atoms with E-state index in [0.717, 1.165) is 19.0 Å². The normalized spacial score (nSPS) is 25.5. The van der Waals surface area contributed by atoms with Crippen molar-refractivity contribution >= 4 is 5.78 Å². The number of rotatable bonds is 7. The lowest BCUT2D eigenvalue weighted by atomic mass is 9.91. The predicted molar refractivity (Wildman–Crippen MR) is 84.9 cm³/mol. The quantitative estimate of drug-likeness (QED) is 0.759. The van der Waals surface area contributed by atoms with Gasteiger partial charge in [-0.25, -0.2) is 0 Å². The minimum Gasteiger partial charge on any atom is -0.508 e. The van der Waals surface area contributed by atoms with Crippen LogP contribution in [0.1, 0.15) is 36.0 Å². The Bertz CT molecular complexity index is 510. The molecule has 3 rings (SSSR count). The molecule has 2 atom stereocenters. The van der Waals surface area contributed by atoms with E-state index in [1.165, 1.54) is 25.7 Å². The molecule has 120 valence electrons. The Balaban J connectivity index is 1.53. The van der Waals surface area contributed by atoms with Gasteiger partial charge in [0.25, 0.3) is 0 Å². The molecule has 0 amide bonds. The summed E-state index contributed by atoms with van der Waals surface area (Å²) in [5, 5.41) is 18.9. The number of likely N-dealkylation sites (tertiary alicyclic amines) is 1. The summed E-state index contributed by atoms with van der Waals surface area (Å²) in [4.78, 5) is 14.5. The fourth-order valence-corrected chi connectivity index (χ4v) is 3.50. The van der Waals surface area contributed by atoms with Crippen LogP contribution in [0.5, 0.6) is 5.75 Å². The van der Waals surface area contributed by atoms with Gasteiger partial charge in [0.15, 0.2) is 5.78 Å². The first-order valence-corrected chi connectivity index (χ1v) is 8.31. The first kappa shape index (κ1) is 15.5. The third-order valence-corrected chi connectivity index (χ3v) is 5.09. The van der Waals surface area contributed by atoms with E-state index in [0.29, 0.717) is 23.9 Å². The van der Waals surface area contributed by atoms with Crippen LogP contribution in [0.15, 0.2) is 24.3 Å². The van der Waals surface area contributed by atoms with Crippen LogP contribution in [-0.4, -0.2) is 47.1 Å². The van der Waals surface area contributed by atoms with Gasteiger partial charge in [0.05, 0.1) is 6.54 Å². The second-order valence-electron chi connectivity index (χ2n) is 6.89. The average molecular weight is 303 g/mol. The van der Waals surface area contributed by atoms with Crippen LogP contribution in [0.2, 0.25) is 0 Å². The number of carbonyl (C=O) groups excluding carboxylic acids is 1. The van der Waals surface area contributed by atoms with Crippen LogP contribution < -0.4 is 0 Å². The summed E-state index contributed by atoms with van der Waals surface area (Å²) in [5.41, 5.74) is 0.639. The van der Waals surface area contributed by atoms with Gasteiger partial charge in [0, 0.05) is 25.3 Å². The molecule has 4 heteroatoms. The van der Waals surface area contributed by atoms with Crippen LogP contribution in [-0.2, 0) is 0 Å². The van der Waals surface area contributed by atoms with E-state index in [2.05, 4.69) is 4.90 Å². The number of phenolic OH excluding ortho intramolecular Hbond substituents is 1. The van der Waals surface area contributed by atoms with Gasteiger partial charge in [0.2, 0.25) is 0 Å². The molecule has 2 fully saturated rings. The summed E-state index contributed by atoms with van der Waals surface area (Å²) in [6, 6.07) is 6.43. The third kappa shape index (κ3) is 3.87. The lowest BCUT2D eigenvalue weighted by Gasteiger charge is -2.15. The fourth-order valence-electron chi connectivity index (χ4n) is 3.50. The molecule has 2 aliphatic rings. The molecule has 1 aliphatic heterocycles. The molecule has 2 N–H and O–H groups in total. The summed E-state index contributed by atoms with van der Waals surface area (Å²) in [6.07, 6.45) is 5.21. The second kappa shape index (κ2) is 6.80. The number of hydrogen-bond acceptors (Lipinski definition) is 4. The van der Waals surface area contributed by atoms with Crippen molar-refractivity contribution in [1.82, 2.24) is 4.90 Å². The molecular formula is C18H25NO3. The summed E-state index contributed by atoms with van der Waals surface area (Å²) < 4.78 is 0. The smallest absolute Gasteiger partial charge is 0.176 e. The monoisotopic (exact) mass is 303 g/mol. The van der Waals surface area contributed by atoms with Gasteiger partial charge in [-0.2, -0.15) is 0 Å². The second-order valence-corrected chi connectivity index (χ2v) is 6.89. The zero-order valence-electron chi connectivity index (χ0n) is 12.9. The highest BCUT2D eigenvalue weighted by molar-refractivity contribution is 5.97. The predicted octanol–water partition coefficient (Wildman–Crippen LogP) is 2.31. The number of nitrogens with zero attached hydrogens (tertiary/aromatic N) is 1. The van der Waals surface area contributed by atoms with Crippen molar-refractivity contribution in [2.45, 2.75) is 25.7 Å². The van der Waals surface area contributed by atoms with Gasteiger partial charge in [-0.05, 0) is 48.4 Å². The van der Waals surface area contributed by atoms with E-state index in [1.54, 1.807) is 24.3 Å². The Labute approximate surface area is 131 Å². The van der Waals surface area contributed by atoms with Crippen molar-refractivity contribution in [3.05, 3.63) is 29.8 Å². The van der Waals surface area contributed by atoms with Gasteiger partial charge < -0.3 is 10.2 Å². The van der Waals surface area contributed by atoms with Crippen LogP contribution >= 0.6 is 0 Å². The number of hydrogen-bond donors (Lipinski definition) is 2. The van der Waals surface area contributed by atoms with Crippen LogP contribution in [0.25, 0.3) is 0 Å². The molecule has 1 saturated heterocycles. The molecule has 1 heterocycles. The van der Waals surface area contributed by atoms with Crippen molar-refractivity contribution in [1.29, 1.82) is 0 Å². The molecule has 1 aliphatic carbocycles. The maximum atomic E-state index is 12.3. The van der Waals surface area contributed by atoms with Gasteiger partial charge >= 0.3 is 0 Å². The first-order chi connectivity index (χ1) is 10.7. The molecule has 0 radical (unpaired) electrons. The molecule has 0 spiro atoms. The molecule has 1 aromatic carbocycles. The lowest BCUT2D eigenvalue weighted by Crippen LogP contribution is -2.28. The van der Waals surface area contributed by atoms with E-state index in [-0.39, 0.29) is 18.1 Å². The largest absolute Gasteiger partial charge is 0.508 e. The highest BCUT2D eigenvalue weighted by Crippen LogP contribution is 2.37. The van der Waals surface area contributed by atoms with Gasteiger partial charge in [-0.3, -0.25) is 9.69 Å². The summed E-state index contributed by atoms with van der Waals surface area (Å²) in [5.74, 6) is 2.02. The minimum absolute atomic E-state index is 0.0829. The summed E-state index contributed by atoms with van der Waals surface area (Å²) >= 11 is 0. The molecule has 4 nitrogen and oxygen atoms in total. The van der Waals surface area contributed by atoms with Crippen LogP contribution in [0, 0.1) is 17.8 Å². The Kier molecular flexibility index (Phi) is 4.79. The molecule has 0 bridgehead atoms. The highest BCUT2D eigenvalue weighted by Gasteiger charge is 2.34. The number of Topliss-reactive ketones (excluding diaryl/α,β-unsaturated/α-hetero) is 1. The van der Waals surface area contributed by atoms with Crippen LogP contribution in [0.3, 0.4) is 0 Å². The van der Waals surface area contributed by atoms with Gasteiger partial charge in [0.1, 0.15) is 5.75 Å². The topological polar surface area (TPSA) is 60.8 Å². The van der Waals surface area contributed by atoms with Gasteiger partial charge in [-0.1, -0.05) is 19.3 Å². The first-order valence-electron chi connectivity index (χ1n) is 8.31. The lowest BCUT2D eigenvalue weighted by molar-refractivity contribution is 0.0940. The standard InChI is InChI=1S/C18H25NO3/c20-12-16-10-19(9-15(16)4-3-13-1-2-13)11-18(22)14-5-7-17(21)8-6-14/h5-8,13,15-16,20-21H,1-4,9-12H2/t15-,16?/m1/s1. The van der Waals surface area contributed by atoms with E-state index in [4.69, 9.17) is 0 Å². The van der Waals surface area contributed by atoms with Crippen molar-refractivity contribution in [2.24, 2.45) is 17.8 Å². The number of ketones is 1. The maximum Gasteiger partial charge on any atom is 0.176 e. The number of carbonyl (C=O) groups is 1. The minimum atomic E-state index is 0.0829. The Hall–Kier alpha value is -1.39. The van der Waals surface area contributed by atoms with Crippen molar-refractivity contribution in [2.75, 3.05) is 26.2 Å². The van der Waals surface area contributed by atoms with E-state index in [9.17, 15) is 15.0 Å².